The van der Waals surface area contributed by atoms with Gasteiger partial charge >= 0.3 is 0 Å². The summed E-state index contributed by atoms with van der Waals surface area (Å²) < 4.78 is 6.87. The van der Waals surface area contributed by atoms with Crippen LogP contribution >= 0.6 is 25.7 Å². The minimum Gasteiger partial charge on any atom is -0.357 e. The lowest BCUT2D eigenvalue weighted by molar-refractivity contribution is 1.29. The average Bonchev–Trinajstić information content (AvgIpc) is 3.09. The fourth-order valence-electron chi connectivity index (χ4n) is 6.87. The minimum atomic E-state index is -2.92. The first-order valence-corrected chi connectivity index (χ1v) is 20.3. The molecule has 6 aromatic rings. The minimum absolute atomic E-state index is 0.851. The Balaban J connectivity index is 1.93. The SMILES string of the molecule is Cc1cc(C)c(N=P(C(Cl)=P(Nc2c(C)cc(C)cc2C)(c2ccccc2)c2ccccc2)(c2ccccc2)c2ccccc2)c(C)c1. The Bertz CT molecular complexity index is 2040. The fourth-order valence-corrected chi connectivity index (χ4v) is 17.5. The maximum Gasteiger partial charge on any atom is 0.0903 e. The van der Waals surface area contributed by atoms with Gasteiger partial charge in [-0.05, 0) is 74.4 Å². The van der Waals surface area contributed by atoms with Crippen molar-refractivity contribution in [2.24, 2.45) is 4.74 Å². The molecule has 0 atom stereocenters. The van der Waals surface area contributed by atoms with E-state index in [9.17, 15) is 0 Å². The summed E-state index contributed by atoms with van der Waals surface area (Å²) in [5.41, 5.74) is 9.26. The molecule has 6 aromatic carbocycles. The van der Waals surface area contributed by atoms with E-state index in [4.69, 9.17) is 16.3 Å². The first-order valence-electron chi connectivity index (χ1n) is 16.4. The monoisotopic (exact) mass is 684 g/mol. The highest BCUT2D eigenvalue weighted by Crippen LogP contribution is 2.64. The van der Waals surface area contributed by atoms with E-state index in [1.807, 2.05) is 0 Å². The van der Waals surface area contributed by atoms with Gasteiger partial charge < -0.3 is 5.09 Å². The Kier molecular flexibility index (Phi) is 10.0. The van der Waals surface area contributed by atoms with E-state index in [0.29, 0.717) is 0 Å². The standard InChI is InChI=1S/C43H43ClN2P2/c1-31-27-33(3)41(34(4)28-31)45-47(37-19-11-7-12-20-37,38-21-13-8-14-22-38)43(44)48(39-23-15-9-16-24-39,40-25-17-10-18-26-40)46-42-35(5)29-32(2)30-36(42)6/h7-30,45H,1-6H3. The number of halogens is 1. The van der Waals surface area contributed by atoms with Gasteiger partial charge in [0.25, 0.3) is 0 Å². The van der Waals surface area contributed by atoms with Gasteiger partial charge in [-0.1, -0.05) is 168 Å². The van der Waals surface area contributed by atoms with E-state index in [2.05, 4.69) is 192 Å². The van der Waals surface area contributed by atoms with Gasteiger partial charge in [0, 0.05) is 23.3 Å². The zero-order chi connectivity index (χ0) is 33.9. The number of anilines is 1. The second kappa shape index (κ2) is 14.2. The zero-order valence-corrected chi connectivity index (χ0v) is 31.1. The highest BCUT2D eigenvalue weighted by atomic mass is 35.5. The van der Waals surface area contributed by atoms with Crippen molar-refractivity contribution in [3.05, 3.63) is 179 Å². The van der Waals surface area contributed by atoms with Crippen molar-refractivity contribution < 1.29 is 0 Å². The summed E-state index contributed by atoms with van der Waals surface area (Å²) in [4.78, 5) is 0. The van der Waals surface area contributed by atoms with Gasteiger partial charge in [0.2, 0.25) is 0 Å². The van der Waals surface area contributed by atoms with Crippen LogP contribution in [0.25, 0.3) is 0 Å². The summed E-state index contributed by atoms with van der Waals surface area (Å²) in [5.74, 6) is 0. The molecule has 0 aromatic heterocycles. The Hall–Kier alpha value is -4.06. The topological polar surface area (TPSA) is 24.4 Å². The molecule has 0 saturated carbocycles. The molecular formula is C43H43ClN2P2. The zero-order valence-electron chi connectivity index (χ0n) is 28.6. The first kappa shape index (κ1) is 33.8. The third kappa shape index (κ3) is 6.26. The number of aryl methyl sites for hydroxylation is 6. The number of hydrogen-bond acceptors (Lipinski definition) is 2. The van der Waals surface area contributed by atoms with Crippen molar-refractivity contribution in [3.63, 3.8) is 0 Å². The van der Waals surface area contributed by atoms with Crippen LogP contribution in [-0.4, -0.2) is 4.49 Å². The van der Waals surface area contributed by atoms with Crippen LogP contribution < -0.4 is 26.3 Å². The van der Waals surface area contributed by atoms with Crippen LogP contribution in [0.1, 0.15) is 33.4 Å². The molecule has 0 saturated heterocycles. The van der Waals surface area contributed by atoms with Crippen molar-refractivity contribution >= 4 is 62.8 Å². The summed E-state index contributed by atoms with van der Waals surface area (Å²) in [6.45, 7) is 13.0. The van der Waals surface area contributed by atoms with Gasteiger partial charge in [-0.25, -0.2) is 0 Å². The van der Waals surface area contributed by atoms with E-state index in [-0.39, 0.29) is 0 Å². The Labute approximate surface area is 292 Å². The maximum atomic E-state index is 8.50. The van der Waals surface area contributed by atoms with Gasteiger partial charge in [-0.15, -0.1) is 0 Å². The third-order valence-electron chi connectivity index (χ3n) is 8.93. The van der Waals surface area contributed by atoms with Crippen LogP contribution in [0.15, 0.2) is 150 Å². The molecule has 0 aliphatic carbocycles. The summed E-state index contributed by atoms with van der Waals surface area (Å²) in [6, 6.07) is 52.1. The molecule has 5 heteroatoms. The van der Waals surface area contributed by atoms with E-state index in [1.165, 1.54) is 22.3 Å². The van der Waals surface area contributed by atoms with E-state index < -0.39 is 14.1 Å². The van der Waals surface area contributed by atoms with Crippen LogP contribution in [0.4, 0.5) is 11.4 Å². The molecule has 0 bridgehead atoms. The summed E-state index contributed by atoms with van der Waals surface area (Å²) in [7, 11) is -5.74. The molecule has 0 radical (unpaired) electrons. The molecule has 0 fully saturated rings. The molecule has 0 heterocycles. The lowest BCUT2D eigenvalue weighted by Gasteiger charge is -2.38. The van der Waals surface area contributed by atoms with Crippen LogP contribution in [0.5, 0.6) is 0 Å². The van der Waals surface area contributed by atoms with E-state index >= 15 is 0 Å². The lowest BCUT2D eigenvalue weighted by Crippen LogP contribution is -2.30. The Morgan fingerprint density at radius 2 is 0.812 bits per heavy atom. The van der Waals surface area contributed by atoms with Gasteiger partial charge in [0.15, 0.2) is 0 Å². The lowest BCUT2D eigenvalue weighted by atomic mass is 10.1. The molecule has 0 unspecified atom stereocenters. The smallest absolute Gasteiger partial charge is 0.0903 e. The normalized spacial score (nSPS) is 11.6. The van der Waals surface area contributed by atoms with Crippen LogP contribution in [0.3, 0.4) is 0 Å². The average molecular weight is 685 g/mol. The van der Waals surface area contributed by atoms with Crippen LogP contribution in [0.2, 0.25) is 0 Å². The maximum absolute atomic E-state index is 8.50. The summed E-state index contributed by atoms with van der Waals surface area (Å²) in [5, 5.41) is 8.82. The van der Waals surface area contributed by atoms with Crippen LogP contribution in [-0.2, 0) is 0 Å². The highest BCUT2D eigenvalue weighted by Gasteiger charge is 2.39. The first-order chi connectivity index (χ1) is 23.2. The quantitative estimate of drug-likeness (QED) is 0.159. The van der Waals surface area contributed by atoms with Gasteiger partial charge in [-0.3, -0.25) is 4.74 Å². The van der Waals surface area contributed by atoms with E-state index in [0.717, 1.165) is 48.2 Å². The molecule has 1 N–H and O–H groups in total. The number of hydrogen-bond donors (Lipinski definition) is 1. The Morgan fingerprint density at radius 3 is 1.19 bits per heavy atom. The van der Waals surface area contributed by atoms with Gasteiger partial charge in [-0.2, -0.15) is 0 Å². The van der Waals surface area contributed by atoms with Gasteiger partial charge in [0.1, 0.15) is 0 Å². The molecule has 2 nitrogen and oxygen atoms in total. The number of nitrogens with one attached hydrogen (secondary N) is 1. The largest absolute Gasteiger partial charge is 0.357 e. The van der Waals surface area contributed by atoms with Crippen molar-refractivity contribution in [2.75, 3.05) is 5.09 Å². The molecule has 0 aliphatic heterocycles. The highest BCUT2D eigenvalue weighted by molar-refractivity contribution is 8.14. The molecule has 0 spiro atoms. The predicted octanol–water partition coefficient (Wildman–Crippen LogP) is 11.0. The van der Waals surface area contributed by atoms with Gasteiger partial charge in [0.05, 0.1) is 17.2 Å². The van der Waals surface area contributed by atoms with Crippen LogP contribution in [0, 0.1) is 41.5 Å². The third-order valence-corrected chi connectivity index (χ3v) is 18.6. The molecule has 0 aliphatic rings. The Morgan fingerprint density at radius 1 is 0.479 bits per heavy atom. The molecule has 48 heavy (non-hydrogen) atoms. The summed E-state index contributed by atoms with van der Waals surface area (Å²) in [6.07, 6.45) is 0. The summed E-state index contributed by atoms with van der Waals surface area (Å²) >= 11 is 8.50. The number of rotatable bonds is 8. The van der Waals surface area contributed by atoms with Crippen molar-refractivity contribution in [3.8, 4) is 0 Å². The second-order valence-electron chi connectivity index (χ2n) is 12.7. The predicted molar refractivity (Wildman–Crippen MR) is 216 cm³/mol. The molecule has 6 rings (SSSR count). The second-order valence-corrected chi connectivity index (χ2v) is 19.9. The fraction of sp³-hybridized carbons (Fsp3) is 0.140. The molecule has 242 valence electrons. The van der Waals surface area contributed by atoms with Crippen molar-refractivity contribution in [2.45, 2.75) is 41.5 Å². The van der Waals surface area contributed by atoms with Crippen molar-refractivity contribution in [1.82, 2.24) is 0 Å². The molecular weight excluding hydrogens is 642 g/mol. The van der Waals surface area contributed by atoms with Crippen molar-refractivity contribution in [1.29, 1.82) is 0 Å². The molecule has 0 amide bonds. The number of nitrogens with zero attached hydrogens (tertiary/aromatic N) is 1. The number of benzene rings is 6. The van der Waals surface area contributed by atoms with E-state index in [1.54, 1.807) is 0 Å².